The molecule has 0 aliphatic rings. The maximum Gasteiger partial charge on any atom is 0.226 e. The molecule has 5 nitrogen and oxygen atoms in total. The highest BCUT2D eigenvalue weighted by Gasteiger charge is 2.08. The second-order valence-corrected chi connectivity index (χ2v) is 7.33. The molecule has 0 aliphatic heterocycles. The van der Waals surface area contributed by atoms with Gasteiger partial charge in [-0.15, -0.1) is 0 Å². The number of hydrogen-bond donors (Lipinski definition) is 3. The third kappa shape index (κ3) is 5.22. The molecule has 0 bridgehead atoms. The number of H-pyrrole nitrogens is 1. The Kier molecular flexibility index (Phi) is 6.48. The molecule has 0 saturated carbocycles. The number of carbonyl (C=O) groups is 2. The Morgan fingerprint density at radius 2 is 1.79 bits per heavy atom. The second kappa shape index (κ2) is 9.22. The number of aryl methyl sites for hydroxylation is 1. The number of rotatable bonds is 8. The summed E-state index contributed by atoms with van der Waals surface area (Å²) in [4.78, 5) is 27.1. The van der Waals surface area contributed by atoms with E-state index < -0.39 is 0 Å². The number of benzene rings is 2. The van der Waals surface area contributed by atoms with Crippen molar-refractivity contribution in [2.24, 2.45) is 5.92 Å². The summed E-state index contributed by atoms with van der Waals surface area (Å²) in [5, 5.41) is 7.05. The monoisotopic (exact) mass is 377 g/mol. The average Bonchev–Trinajstić information content (AvgIpc) is 3.10. The highest BCUT2D eigenvalue weighted by atomic mass is 16.2. The molecule has 0 radical (unpaired) electrons. The molecule has 0 fully saturated rings. The molecular weight excluding hydrogens is 350 g/mol. The first-order chi connectivity index (χ1) is 13.5. The van der Waals surface area contributed by atoms with Gasteiger partial charge in [0.15, 0.2) is 0 Å². The van der Waals surface area contributed by atoms with Crippen LogP contribution >= 0.6 is 0 Å². The molecule has 2 aromatic carbocycles. The Bertz CT molecular complexity index is 942. The van der Waals surface area contributed by atoms with Gasteiger partial charge in [0, 0.05) is 41.7 Å². The van der Waals surface area contributed by atoms with Crippen molar-refractivity contribution in [1.82, 2.24) is 10.3 Å². The van der Waals surface area contributed by atoms with Crippen LogP contribution in [0.25, 0.3) is 10.9 Å². The van der Waals surface area contributed by atoms with Crippen LogP contribution in [0.1, 0.15) is 37.8 Å². The van der Waals surface area contributed by atoms with E-state index in [4.69, 9.17) is 0 Å². The van der Waals surface area contributed by atoms with Crippen molar-refractivity contribution in [2.75, 3.05) is 5.32 Å². The lowest BCUT2D eigenvalue weighted by atomic mass is 10.1. The molecule has 28 heavy (non-hydrogen) atoms. The van der Waals surface area contributed by atoms with Crippen molar-refractivity contribution < 1.29 is 9.59 Å². The van der Waals surface area contributed by atoms with Gasteiger partial charge in [0.05, 0.1) is 0 Å². The van der Waals surface area contributed by atoms with Gasteiger partial charge >= 0.3 is 0 Å². The zero-order chi connectivity index (χ0) is 19.9. The van der Waals surface area contributed by atoms with Crippen molar-refractivity contribution in [1.29, 1.82) is 0 Å². The number of fused-ring (bicyclic) bond motifs is 1. The molecule has 0 unspecified atom stereocenters. The molecule has 0 spiro atoms. The number of nitrogens with one attached hydrogen (secondary N) is 3. The van der Waals surface area contributed by atoms with Crippen LogP contribution in [0.15, 0.2) is 54.7 Å². The van der Waals surface area contributed by atoms with Crippen LogP contribution in [-0.2, 0) is 22.6 Å². The summed E-state index contributed by atoms with van der Waals surface area (Å²) in [7, 11) is 0. The topological polar surface area (TPSA) is 74.0 Å². The Balaban J connectivity index is 1.41. The van der Waals surface area contributed by atoms with Crippen molar-refractivity contribution >= 4 is 28.4 Å². The molecule has 5 heteroatoms. The summed E-state index contributed by atoms with van der Waals surface area (Å²) >= 11 is 0. The summed E-state index contributed by atoms with van der Waals surface area (Å²) < 4.78 is 0. The highest BCUT2D eigenvalue weighted by molar-refractivity contribution is 5.92. The molecule has 1 aromatic heterocycles. The lowest BCUT2D eigenvalue weighted by molar-refractivity contribution is -0.121. The van der Waals surface area contributed by atoms with Gasteiger partial charge in [-0.2, -0.15) is 0 Å². The second-order valence-electron chi connectivity index (χ2n) is 7.33. The van der Waals surface area contributed by atoms with Crippen molar-refractivity contribution in [3.8, 4) is 0 Å². The molecule has 0 saturated heterocycles. The van der Waals surface area contributed by atoms with Crippen molar-refractivity contribution in [2.45, 2.75) is 39.7 Å². The molecule has 0 aliphatic carbocycles. The fraction of sp³-hybridized carbons (Fsp3) is 0.304. The first kappa shape index (κ1) is 19.7. The van der Waals surface area contributed by atoms with Crippen LogP contribution in [-0.4, -0.2) is 16.8 Å². The predicted octanol–water partition coefficient (Wildman–Crippen LogP) is 4.40. The number of para-hydroxylation sites is 1. The Hall–Kier alpha value is -3.08. The van der Waals surface area contributed by atoms with E-state index >= 15 is 0 Å². The summed E-state index contributed by atoms with van der Waals surface area (Å²) in [6.45, 7) is 4.21. The lowest BCUT2D eigenvalue weighted by Gasteiger charge is -2.09. The molecule has 1 heterocycles. The SMILES string of the molecule is CC(C)C(=O)Nc1ccc(CNC(=O)CCCc2c[nH]c3ccccc23)cc1. The van der Waals surface area contributed by atoms with Gasteiger partial charge in [0.2, 0.25) is 11.8 Å². The standard InChI is InChI=1S/C23H27N3O2/c1-16(2)23(28)26-19-12-10-17(11-13-19)14-25-22(27)9-5-6-18-15-24-21-8-4-3-7-20(18)21/h3-4,7-8,10-13,15-16,24H,5-6,9,14H2,1-2H3,(H,25,27)(H,26,28). The third-order valence-corrected chi connectivity index (χ3v) is 4.76. The molecule has 3 rings (SSSR count). The molecular formula is C23H27N3O2. The maximum absolute atomic E-state index is 12.1. The van der Waals surface area contributed by atoms with E-state index in [1.807, 2.05) is 56.4 Å². The average molecular weight is 377 g/mol. The van der Waals surface area contributed by atoms with Crippen LogP contribution in [0.4, 0.5) is 5.69 Å². The fourth-order valence-electron chi connectivity index (χ4n) is 3.06. The van der Waals surface area contributed by atoms with E-state index in [2.05, 4.69) is 27.8 Å². The number of hydrogen-bond acceptors (Lipinski definition) is 2. The smallest absolute Gasteiger partial charge is 0.226 e. The molecule has 3 aromatic rings. The maximum atomic E-state index is 12.1. The van der Waals surface area contributed by atoms with E-state index in [0.29, 0.717) is 13.0 Å². The summed E-state index contributed by atoms with van der Waals surface area (Å²) in [6, 6.07) is 15.8. The number of anilines is 1. The van der Waals surface area contributed by atoms with Crippen LogP contribution < -0.4 is 10.6 Å². The fourth-order valence-corrected chi connectivity index (χ4v) is 3.06. The van der Waals surface area contributed by atoms with Crippen LogP contribution in [0, 0.1) is 5.92 Å². The minimum atomic E-state index is -0.0526. The molecule has 2 amide bonds. The van der Waals surface area contributed by atoms with Gasteiger partial charge in [-0.05, 0) is 42.2 Å². The van der Waals surface area contributed by atoms with Crippen LogP contribution in [0.3, 0.4) is 0 Å². The highest BCUT2D eigenvalue weighted by Crippen LogP contribution is 2.19. The Morgan fingerprint density at radius 3 is 2.54 bits per heavy atom. The van der Waals surface area contributed by atoms with Gasteiger partial charge in [-0.1, -0.05) is 44.2 Å². The predicted molar refractivity (Wildman–Crippen MR) is 113 cm³/mol. The first-order valence-corrected chi connectivity index (χ1v) is 9.74. The Labute approximate surface area is 165 Å². The zero-order valence-electron chi connectivity index (χ0n) is 16.4. The van der Waals surface area contributed by atoms with Gasteiger partial charge in [-0.25, -0.2) is 0 Å². The number of aromatic amines is 1. The van der Waals surface area contributed by atoms with Gasteiger partial charge in [0.25, 0.3) is 0 Å². The largest absolute Gasteiger partial charge is 0.361 e. The number of aromatic nitrogens is 1. The minimum absolute atomic E-state index is 0.00347. The van der Waals surface area contributed by atoms with Crippen molar-refractivity contribution in [3.63, 3.8) is 0 Å². The van der Waals surface area contributed by atoms with Gasteiger partial charge < -0.3 is 15.6 Å². The summed E-state index contributed by atoms with van der Waals surface area (Å²) in [5.74, 6) is -0.00324. The van der Waals surface area contributed by atoms with Gasteiger partial charge in [-0.3, -0.25) is 9.59 Å². The van der Waals surface area contributed by atoms with E-state index in [-0.39, 0.29) is 17.7 Å². The van der Waals surface area contributed by atoms with E-state index in [9.17, 15) is 9.59 Å². The molecule has 0 atom stereocenters. The van der Waals surface area contributed by atoms with E-state index in [0.717, 1.165) is 29.6 Å². The quantitative estimate of drug-likeness (QED) is 0.544. The van der Waals surface area contributed by atoms with E-state index in [1.54, 1.807) is 0 Å². The first-order valence-electron chi connectivity index (χ1n) is 9.74. The lowest BCUT2D eigenvalue weighted by Crippen LogP contribution is -2.22. The number of carbonyl (C=O) groups excluding carboxylic acids is 2. The summed E-state index contributed by atoms with van der Waals surface area (Å²) in [6.07, 6.45) is 4.22. The Morgan fingerprint density at radius 1 is 1.04 bits per heavy atom. The number of amides is 2. The zero-order valence-corrected chi connectivity index (χ0v) is 16.4. The minimum Gasteiger partial charge on any atom is -0.361 e. The van der Waals surface area contributed by atoms with Crippen LogP contribution in [0.2, 0.25) is 0 Å². The van der Waals surface area contributed by atoms with Crippen LogP contribution in [0.5, 0.6) is 0 Å². The third-order valence-electron chi connectivity index (χ3n) is 4.76. The van der Waals surface area contributed by atoms with E-state index in [1.165, 1.54) is 10.9 Å². The normalized spacial score (nSPS) is 11.0. The molecule has 3 N–H and O–H groups in total. The molecule has 146 valence electrons. The van der Waals surface area contributed by atoms with Crippen molar-refractivity contribution in [3.05, 3.63) is 65.9 Å². The summed E-state index contributed by atoms with van der Waals surface area (Å²) in [5.41, 5.74) is 4.16. The van der Waals surface area contributed by atoms with Gasteiger partial charge in [0.1, 0.15) is 0 Å².